The summed E-state index contributed by atoms with van der Waals surface area (Å²) in [6.45, 7) is 4.96. The van der Waals surface area contributed by atoms with E-state index in [0.717, 1.165) is 38.5 Å². The monoisotopic (exact) mass is 934 g/mol. The predicted octanol–water partition coefficient (Wildman–Crippen LogP) is 18.7. The third-order valence-corrected chi connectivity index (χ3v) is 14.4. The minimum Gasteiger partial charge on any atom is -0.466 e. The van der Waals surface area contributed by atoms with Crippen LogP contribution in [0, 0.1) is 0 Å². The number of aliphatic hydroxyl groups excluding tert-OH is 2. The molecule has 0 aromatic heterocycles. The smallest absolute Gasteiger partial charge is 0.305 e. The molecule has 0 fully saturated rings. The molecule has 0 heterocycles. The Hall–Kier alpha value is -1.14. The first kappa shape index (κ1) is 64.9. The number of hydrogen-bond donors (Lipinski definition) is 3. The van der Waals surface area contributed by atoms with Crippen molar-refractivity contribution in [1.29, 1.82) is 0 Å². The van der Waals surface area contributed by atoms with Crippen molar-refractivity contribution < 1.29 is 24.5 Å². The molecular formula is C60H119NO5. The van der Waals surface area contributed by atoms with Crippen molar-refractivity contribution in [3.63, 3.8) is 0 Å². The lowest BCUT2D eigenvalue weighted by Crippen LogP contribution is -2.45. The SMILES string of the molecule is CCCCCCCCCCCCCCC(=O)OCCCCCCCCCCCCCCCCCCCCCCCCCCCCCC(=O)NC(CO)C(O)CCCCCCCCCCCC. The van der Waals surface area contributed by atoms with Gasteiger partial charge < -0.3 is 20.3 Å². The van der Waals surface area contributed by atoms with E-state index in [4.69, 9.17) is 4.74 Å². The highest BCUT2D eigenvalue weighted by molar-refractivity contribution is 5.76. The first-order valence-corrected chi connectivity index (χ1v) is 30.3. The van der Waals surface area contributed by atoms with E-state index >= 15 is 0 Å². The van der Waals surface area contributed by atoms with Gasteiger partial charge in [0.1, 0.15) is 0 Å². The van der Waals surface area contributed by atoms with E-state index < -0.39 is 12.1 Å². The summed E-state index contributed by atoms with van der Waals surface area (Å²) in [5.41, 5.74) is 0. The lowest BCUT2D eigenvalue weighted by atomic mass is 10.0. The van der Waals surface area contributed by atoms with Crippen LogP contribution in [-0.2, 0) is 14.3 Å². The summed E-state index contributed by atoms with van der Waals surface area (Å²) in [4.78, 5) is 24.4. The molecule has 0 saturated carbocycles. The van der Waals surface area contributed by atoms with E-state index in [1.165, 1.54) is 276 Å². The van der Waals surface area contributed by atoms with Gasteiger partial charge in [-0.15, -0.1) is 0 Å². The largest absolute Gasteiger partial charge is 0.466 e. The van der Waals surface area contributed by atoms with E-state index in [2.05, 4.69) is 19.2 Å². The van der Waals surface area contributed by atoms with Gasteiger partial charge in [-0.3, -0.25) is 9.59 Å². The third-order valence-electron chi connectivity index (χ3n) is 14.4. The maximum Gasteiger partial charge on any atom is 0.305 e. The van der Waals surface area contributed by atoms with Gasteiger partial charge in [0.2, 0.25) is 5.91 Å². The van der Waals surface area contributed by atoms with Gasteiger partial charge in [-0.2, -0.15) is 0 Å². The molecule has 394 valence electrons. The van der Waals surface area contributed by atoms with Crippen LogP contribution >= 0.6 is 0 Å². The van der Waals surface area contributed by atoms with Gasteiger partial charge in [0.05, 0.1) is 25.4 Å². The van der Waals surface area contributed by atoms with Crippen molar-refractivity contribution in [2.75, 3.05) is 13.2 Å². The number of hydrogen-bond acceptors (Lipinski definition) is 5. The van der Waals surface area contributed by atoms with Crippen LogP contribution in [0.5, 0.6) is 0 Å². The van der Waals surface area contributed by atoms with Gasteiger partial charge in [0.25, 0.3) is 0 Å². The molecule has 3 N–H and O–H groups in total. The average molecular weight is 935 g/mol. The van der Waals surface area contributed by atoms with Crippen molar-refractivity contribution in [2.24, 2.45) is 0 Å². The number of aliphatic hydroxyl groups is 2. The van der Waals surface area contributed by atoms with Crippen molar-refractivity contribution >= 4 is 11.9 Å². The Morgan fingerprint density at radius 2 is 0.621 bits per heavy atom. The summed E-state index contributed by atoms with van der Waals surface area (Å²) in [7, 11) is 0. The van der Waals surface area contributed by atoms with Crippen LogP contribution in [-0.4, -0.2) is 47.4 Å². The summed E-state index contributed by atoms with van der Waals surface area (Å²) >= 11 is 0. The van der Waals surface area contributed by atoms with Crippen LogP contribution in [0.2, 0.25) is 0 Å². The molecule has 0 aliphatic rings. The Morgan fingerprint density at radius 3 is 0.924 bits per heavy atom. The minimum absolute atomic E-state index is 0.0194. The molecule has 0 aromatic rings. The highest BCUT2D eigenvalue weighted by Crippen LogP contribution is 2.18. The fourth-order valence-electron chi connectivity index (χ4n) is 9.76. The lowest BCUT2D eigenvalue weighted by Gasteiger charge is -2.22. The molecule has 0 aromatic carbocycles. The average Bonchev–Trinajstić information content (AvgIpc) is 3.32. The Balaban J connectivity index is 3.31. The van der Waals surface area contributed by atoms with E-state index in [-0.39, 0.29) is 18.5 Å². The molecule has 6 nitrogen and oxygen atoms in total. The normalized spacial score (nSPS) is 12.5. The Labute approximate surface area is 413 Å². The number of ether oxygens (including phenoxy) is 1. The van der Waals surface area contributed by atoms with Crippen LogP contribution in [0.15, 0.2) is 0 Å². The summed E-state index contributed by atoms with van der Waals surface area (Å²) in [6, 6.07) is -0.536. The molecule has 0 aliphatic heterocycles. The van der Waals surface area contributed by atoms with Crippen LogP contribution in [0.1, 0.15) is 348 Å². The zero-order valence-electron chi connectivity index (χ0n) is 45.0. The molecule has 2 atom stereocenters. The zero-order valence-corrected chi connectivity index (χ0v) is 45.0. The minimum atomic E-state index is -0.659. The molecule has 6 heteroatoms. The molecule has 1 amide bonds. The molecular weight excluding hydrogens is 815 g/mol. The number of esters is 1. The molecule has 0 bridgehead atoms. The van der Waals surface area contributed by atoms with Crippen LogP contribution in [0.4, 0.5) is 0 Å². The quantitative estimate of drug-likeness (QED) is 0.0417. The number of amides is 1. The summed E-state index contributed by atoms with van der Waals surface area (Å²) < 4.78 is 5.48. The first-order chi connectivity index (χ1) is 32.5. The third kappa shape index (κ3) is 52.2. The molecule has 0 rings (SSSR count). The molecule has 66 heavy (non-hydrogen) atoms. The van der Waals surface area contributed by atoms with Crippen LogP contribution in [0.3, 0.4) is 0 Å². The van der Waals surface area contributed by atoms with E-state index in [1.54, 1.807) is 0 Å². The highest BCUT2D eigenvalue weighted by Gasteiger charge is 2.20. The predicted molar refractivity (Wildman–Crippen MR) is 287 cm³/mol. The zero-order chi connectivity index (χ0) is 47.9. The Kier molecular flexibility index (Phi) is 55.5. The van der Waals surface area contributed by atoms with Gasteiger partial charge in [-0.1, -0.05) is 309 Å². The van der Waals surface area contributed by atoms with Crippen molar-refractivity contribution in [2.45, 2.75) is 360 Å². The van der Waals surface area contributed by atoms with Crippen molar-refractivity contribution in [3.05, 3.63) is 0 Å². The molecule has 2 unspecified atom stereocenters. The number of rotatable bonds is 57. The van der Waals surface area contributed by atoms with Gasteiger partial charge in [0.15, 0.2) is 0 Å². The number of carbonyl (C=O) groups excluding carboxylic acids is 2. The van der Waals surface area contributed by atoms with E-state index in [9.17, 15) is 19.8 Å². The second-order valence-corrected chi connectivity index (χ2v) is 21.1. The maximum atomic E-state index is 12.4. The Bertz CT molecular complexity index is 944. The standard InChI is InChI=1S/C60H119NO5/c1-3-5-7-9-11-13-15-34-38-42-46-50-54-60(65)66-55-51-47-43-39-35-32-30-28-26-24-22-20-18-16-17-19-21-23-25-27-29-31-33-37-41-45-49-53-59(64)61-57(56-62)58(63)52-48-44-40-36-14-12-10-8-6-4-2/h57-58,62-63H,3-56H2,1-2H3,(H,61,64). The lowest BCUT2D eigenvalue weighted by molar-refractivity contribution is -0.143. The molecule has 0 saturated heterocycles. The second kappa shape index (κ2) is 56.4. The van der Waals surface area contributed by atoms with Gasteiger partial charge in [-0.25, -0.2) is 0 Å². The van der Waals surface area contributed by atoms with Crippen molar-refractivity contribution in [3.8, 4) is 0 Å². The fourth-order valence-corrected chi connectivity index (χ4v) is 9.76. The van der Waals surface area contributed by atoms with Crippen LogP contribution in [0.25, 0.3) is 0 Å². The van der Waals surface area contributed by atoms with Gasteiger partial charge >= 0.3 is 5.97 Å². The van der Waals surface area contributed by atoms with Gasteiger partial charge in [-0.05, 0) is 25.7 Å². The number of carbonyl (C=O) groups is 2. The molecule has 0 aliphatic carbocycles. The molecule has 0 spiro atoms. The van der Waals surface area contributed by atoms with E-state index in [1.807, 2.05) is 0 Å². The maximum absolute atomic E-state index is 12.4. The summed E-state index contributed by atoms with van der Waals surface area (Å²) in [5.74, 6) is -0.0127. The van der Waals surface area contributed by atoms with E-state index in [0.29, 0.717) is 25.9 Å². The first-order valence-electron chi connectivity index (χ1n) is 30.3. The highest BCUT2D eigenvalue weighted by atomic mass is 16.5. The number of nitrogens with one attached hydrogen (secondary N) is 1. The number of unbranched alkanes of at least 4 members (excludes halogenated alkanes) is 46. The molecule has 0 radical (unpaired) electrons. The fraction of sp³-hybridized carbons (Fsp3) is 0.967. The van der Waals surface area contributed by atoms with Crippen LogP contribution < -0.4 is 5.32 Å². The van der Waals surface area contributed by atoms with Gasteiger partial charge in [0, 0.05) is 12.8 Å². The second-order valence-electron chi connectivity index (χ2n) is 21.1. The topological polar surface area (TPSA) is 95.9 Å². The summed E-state index contributed by atoms with van der Waals surface area (Å²) in [5, 5.41) is 23.2. The van der Waals surface area contributed by atoms with Crippen molar-refractivity contribution in [1.82, 2.24) is 5.32 Å². The summed E-state index contributed by atoms with van der Waals surface area (Å²) in [6.07, 6.45) is 65.5. The Morgan fingerprint density at radius 1 is 0.364 bits per heavy atom.